The van der Waals surface area contributed by atoms with Crippen molar-refractivity contribution in [2.45, 2.75) is 84.7 Å². The fourth-order valence-electron chi connectivity index (χ4n) is 5.59. The maximum Gasteiger partial charge on any atom is 0.138 e. The summed E-state index contributed by atoms with van der Waals surface area (Å²) in [4.78, 5) is 0. The number of hydrogen-bond donors (Lipinski definition) is 0. The minimum atomic E-state index is -1.60. The Hall–Kier alpha value is -1.96. The topological polar surface area (TPSA) is 0 Å². The van der Waals surface area contributed by atoms with Gasteiger partial charge in [-0.2, -0.15) is 0 Å². The Labute approximate surface area is 241 Å². The molecule has 0 saturated carbocycles. The molecule has 1 aliphatic heterocycles. The summed E-state index contributed by atoms with van der Waals surface area (Å²) in [6, 6.07) is 14.4. The van der Waals surface area contributed by atoms with Crippen molar-refractivity contribution in [1.82, 2.24) is 0 Å². The van der Waals surface area contributed by atoms with Crippen LogP contribution in [0.2, 0.25) is 36.3 Å². The van der Waals surface area contributed by atoms with Crippen molar-refractivity contribution >= 4 is 66.2 Å². The maximum atomic E-state index is 3.94. The second kappa shape index (κ2) is 12.5. The summed E-state index contributed by atoms with van der Waals surface area (Å²) < 4.78 is 1.34. The first kappa shape index (κ1) is 29.0. The first-order valence-electron chi connectivity index (χ1n) is 14.4. The average molecular weight is 571 g/mol. The third kappa shape index (κ3) is 5.66. The summed E-state index contributed by atoms with van der Waals surface area (Å²) in [6.45, 7) is 16.4. The summed E-state index contributed by atoms with van der Waals surface area (Å²) in [5.74, 6) is 8.72. The zero-order chi connectivity index (χ0) is 27.3. The molecule has 38 heavy (non-hydrogen) atoms. The molecule has 0 fully saturated rings. The molecule has 0 saturated heterocycles. The molecule has 1 aromatic heterocycles. The van der Waals surface area contributed by atoms with E-state index in [2.05, 4.69) is 113 Å². The lowest BCUT2D eigenvalue weighted by atomic mass is 9.88. The zero-order valence-electron chi connectivity index (χ0n) is 24.3. The Bertz CT molecular complexity index is 1490. The quantitative estimate of drug-likeness (QED) is 0.201. The van der Waals surface area contributed by atoms with Crippen molar-refractivity contribution in [3.63, 3.8) is 0 Å². The van der Waals surface area contributed by atoms with Crippen LogP contribution in [0.4, 0.5) is 0 Å². The van der Waals surface area contributed by atoms with Gasteiger partial charge in [0.25, 0.3) is 0 Å². The summed E-state index contributed by atoms with van der Waals surface area (Å²) in [6.07, 6.45) is 4.68. The van der Waals surface area contributed by atoms with Crippen LogP contribution >= 0.6 is 23.1 Å². The summed E-state index contributed by atoms with van der Waals surface area (Å²) in [5.41, 5.74) is 14.3. The van der Waals surface area contributed by atoms with E-state index in [4.69, 9.17) is 0 Å². The minimum absolute atomic E-state index is 1.03. The lowest BCUT2D eigenvalue weighted by Gasteiger charge is -2.21. The summed E-state index contributed by atoms with van der Waals surface area (Å²) in [7, 11) is -3.18. The molecule has 4 heteroatoms. The summed E-state index contributed by atoms with van der Waals surface area (Å²) >= 11 is 3.70. The Morgan fingerprint density at radius 3 is 1.95 bits per heavy atom. The molecule has 0 spiro atoms. The van der Waals surface area contributed by atoms with E-state index < -0.39 is 16.1 Å². The average Bonchev–Trinajstić information content (AvgIpc) is 3.64. The van der Waals surface area contributed by atoms with Crippen LogP contribution in [0, 0.1) is 29.9 Å². The van der Waals surface area contributed by atoms with Crippen molar-refractivity contribution in [2.75, 3.05) is 5.75 Å². The number of allylic oxidation sites excluding steroid dienone is 1. The smallest absolute Gasteiger partial charge is 0.138 e. The lowest BCUT2D eigenvalue weighted by Crippen LogP contribution is -2.29. The highest BCUT2D eigenvalue weighted by Gasteiger charge is 2.26. The highest BCUT2D eigenvalue weighted by atomic mass is 32.2. The number of hydrogen-bond acceptors (Lipinski definition) is 2. The van der Waals surface area contributed by atoms with Crippen molar-refractivity contribution < 1.29 is 0 Å². The molecule has 4 rings (SSSR count). The van der Waals surface area contributed by atoms with E-state index >= 15 is 0 Å². The van der Waals surface area contributed by atoms with Gasteiger partial charge in [0.15, 0.2) is 0 Å². The second-order valence-electron chi connectivity index (χ2n) is 10.7. The van der Waals surface area contributed by atoms with Gasteiger partial charge in [0.1, 0.15) is 16.1 Å². The Morgan fingerprint density at radius 1 is 0.816 bits per heavy atom. The Kier molecular flexibility index (Phi) is 9.54. The number of thiophene rings is 1. The molecule has 0 amide bonds. The second-order valence-corrected chi connectivity index (χ2v) is 22.4. The predicted molar refractivity (Wildman–Crippen MR) is 182 cm³/mol. The van der Waals surface area contributed by atoms with E-state index in [-0.39, 0.29) is 0 Å². The molecule has 2 heterocycles. The first-order valence-corrected chi connectivity index (χ1v) is 21.6. The molecule has 0 N–H and O–H groups in total. The molecular weight excluding hydrogens is 529 g/mol. The summed E-state index contributed by atoms with van der Waals surface area (Å²) in [5, 5.41) is 8.31. The van der Waals surface area contributed by atoms with E-state index in [0.717, 1.165) is 5.75 Å². The molecule has 198 valence electrons. The standard InChI is InChI=1S/C34H42S2Si2/c1-8-37(9-2,10-3)20-16-29-26(7)31(22-27-14-18-35-25-27)30(17-21-38(11-4,12-5)13-6)33-24-34-28(15-19-36-34)23-32(29)33/h14-15,18-19,22-24H,8-13,25H2,1-7H3/b27-22-. The van der Waals surface area contributed by atoms with Gasteiger partial charge in [-0.15, -0.1) is 34.2 Å². The largest absolute Gasteiger partial charge is 0.144 e. The molecule has 0 radical (unpaired) electrons. The van der Waals surface area contributed by atoms with Crippen molar-refractivity contribution in [1.29, 1.82) is 0 Å². The van der Waals surface area contributed by atoms with Crippen LogP contribution in [0.3, 0.4) is 0 Å². The number of benzene rings is 2. The van der Waals surface area contributed by atoms with Crippen LogP contribution in [-0.4, -0.2) is 21.9 Å². The third-order valence-corrected chi connectivity index (χ3v) is 20.2. The Morgan fingerprint density at radius 2 is 1.39 bits per heavy atom. The van der Waals surface area contributed by atoms with E-state index in [1.807, 2.05) is 23.1 Å². The minimum Gasteiger partial charge on any atom is -0.144 e. The van der Waals surface area contributed by atoms with Crippen LogP contribution in [0.15, 0.2) is 40.6 Å². The first-order chi connectivity index (χ1) is 18.4. The van der Waals surface area contributed by atoms with Gasteiger partial charge >= 0.3 is 0 Å². The monoisotopic (exact) mass is 570 g/mol. The van der Waals surface area contributed by atoms with Gasteiger partial charge < -0.3 is 0 Å². The fraction of sp³-hybridized carbons (Fsp3) is 0.412. The predicted octanol–water partition coefficient (Wildman–Crippen LogP) is 10.8. The van der Waals surface area contributed by atoms with Gasteiger partial charge in [0, 0.05) is 27.0 Å². The number of rotatable bonds is 7. The van der Waals surface area contributed by atoms with Crippen LogP contribution in [0.1, 0.15) is 63.8 Å². The molecule has 0 nitrogen and oxygen atoms in total. The highest BCUT2D eigenvalue weighted by Crippen LogP contribution is 2.37. The van der Waals surface area contributed by atoms with Crippen LogP contribution in [0.5, 0.6) is 0 Å². The van der Waals surface area contributed by atoms with E-state index in [9.17, 15) is 0 Å². The SMILES string of the molecule is CC[Si](C#Cc1c(C)c(/C=C2/C=CSC2)c(C#C[Si](CC)(CC)CC)c2cc3sccc3cc12)(CC)CC. The molecule has 1 aliphatic rings. The van der Waals surface area contributed by atoms with E-state index in [0.29, 0.717) is 0 Å². The zero-order valence-corrected chi connectivity index (χ0v) is 27.9. The van der Waals surface area contributed by atoms with Gasteiger partial charge in [0.05, 0.1) is 0 Å². The van der Waals surface area contributed by atoms with Crippen molar-refractivity contribution in [2.24, 2.45) is 0 Å². The van der Waals surface area contributed by atoms with Crippen molar-refractivity contribution in [3.05, 3.63) is 62.9 Å². The number of thioether (sulfide) groups is 1. The van der Waals surface area contributed by atoms with Gasteiger partial charge in [0.2, 0.25) is 0 Å². The van der Waals surface area contributed by atoms with Crippen molar-refractivity contribution in [3.8, 4) is 22.9 Å². The molecule has 0 atom stereocenters. The molecule has 3 aromatic rings. The van der Waals surface area contributed by atoms with E-state index in [1.165, 1.54) is 85.0 Å². The molecule has 0 aliphatic carbocycles. The molecular formula is C34H42S2Si2. The lowest BCUT2D eigenvalue weighted by molar-refractivity contribution is 1.20. The number of fused-ring (bicyclic) bond motifs is 2. The van der Waals surface area contributed by atoms with Gasteiger partial charge in [-0.1, -0.05) is 59.5 Å². The maximum absolute atomic E-state index is 3.94. The highest BCUT2D eigenvalue weighted by molar-refractivity contribution is 8.02. The van der Waals surface area contributed by atoms with Gasteiger partial charge in [-0.05, 0) is 106 Å². The van der Waals surface area contributed by atoms with Crippen LogP contribution in [0.25, 0.3) is 26.9 Å². The normalized spacial score (nSPS) is 14.7. The fourth-order valence-corrected chi connectivity index (χ4v) is 12.0. The molecule has 0 unspecified atom stereocenters. The van der Waals surface area contributed by atoms with Gasteiger partial charge in [-0.3, -0.25) is 0 Å². The molecule has 2 aromatic carbocycles. The van der Waals surface area contributed by atoms with Crippen LogP contribution < -0.4 is 0 Å². The van der Waals surface area contributed by atoms with Gasteiger partial charge in [-0.25, -0.2) is 0 Å². The van der Waals surface area contributed by atoms with Crippen LogP contribution in [-0.2, 0) is 0 Å². The molecule has 0 bridgehead atoms. The van der Waals surface area contributed by atoms with E-state index in [1.54, 1.807) is 0 Å². The third-order valence-electron chi connectivity index (χ3n) is 9.10. The Balaban J connectivity index is 2.13.